The molecule has 43 heavy (non-hydrogen) atoms. The van der Waals surface area contributed by atoms with Crippen LogP contribution in [-0.2, 0) is 26.5 Å². The Balaban J connectivity index is 1.40. The number of rotatable bonds is 7. The van der Waals surface area contributed by atoms with E-state index in [-0.39, 0.29) is 33.9 Å². The van der Waals surface area contributed by atoms with Gasteiger partial charge in [-0.25, -0.2) is 9.18 Å². The molecule has 3 aromatic carbocycles. The summed E-state index contributed by atoms with van der Waals surface area (Å²) in [6.45, 7) is 1.94. The van der Waals surface area contributed by atoms with Crippen molar-refractivity contribution in [2.75, 3.05) is 12.0 Å². The maximum atomic E-state index is 14.1. The van der Waals surface area contributed by atoms with Crippen LogP contribution < -0.4 is 9.64 Å². The van der Waals surface area contributed by atoms with Gasteiger partial charge in [0.15, 0.2) is 4.34 Å². The third-order valence-corrected chi connectivity index (χ3v) is 9.28. The van der Waals surface area contributed by atoms with Crippen LogP contribution in [0.1, 0.15) is 45.6 Å². The third kappa shape index (κ3) is 5.39. The maximum absolute atomic E-state index is 14.1. The van der Waals surface area contributed by atoms with Crippen LogP contribution in [0.15, 0.2) is 76.6 Å². The van der Waals surface area contributed by atoms with Gasteiger partial charge in [-0.05, 0) is 60.0 Å². The van der Waals surface area contributed by atoms with Crippen molar-refractivity contribution in [2.24, 2.45) is 0 Å². The van der Waals surface area contributed by atoms with E-state index in [0.717, 1.165) is 16.9 Å². The van der Waals surface area contributed by atoms with Crippen molar-refractivity contribution < 1.29 is 33.4 Å². The molecule has 2 atom stereocenters. The molecule has 1 aromatic heterocycles. The fourth-order valence-corrected chi connectivity index (χ4v) is 6.96. The number of methoxy groups -OCH3 is 1. The zero-order valence-electron chi connectivity index (χ0n) is 22.9. The Morgan fingerprint density at radius 1 is 1.12 bits per heavy atom. The summed E-state index contributed by atoms with van der Waals surface area (Å²) in [6, 6.07) is 16.7. The first kappa shape index (κ1) is 28.6. The second-order valence-corrected chi connectivity index (χ2v) is 12.1. The van der Waals surface area contributed by atoms with Crippen LogP contribution in [0.4, 0.5) is 9.52 Å². The van der Waals surface area contributed by atoms with Gasteiger partial charge in [0.1, 0.15) is 23.4 Å². The normalized spacial score (nSPS) is 18.9. The van der Waals surface area contributed by atoms with E-state index in [1.807, 2.05) is 6.92 Å². The van der Waals surface area contributed by atoms with E-state index in [1.165, 1.54) is 42.0 Å². The van der Waals surface area contributed by atoms with Crippen molar-refractivity contribution >= 4 is 51.6 Å². The number of benzene rings is 3. The molecule has 9 nitrogen and oxygen atoms in total. The highest BCUT2D eigenvalue weighted by Crippen LogP contribution is 2.44. The minimum Gasteiger partial charge on any atom is -0.507 e. The Hall–Kier alpha value is -4.55. The number of anilines is 1. The van der Waals surface area contributed by atoms with Gasteiger partial charge in [-0.1, -0.05) is 53.4 Å². The second kappa shape index (κ2) is 11.6. The van der Waals surface area contributed by atoms with E-state index in [9.17, 15) is 23.9 Å². The Kier molecular flexibility index (Phi) is 7.72. The molecule has 1 saturated heterocycles. The summed E-state index contributed by atoms with van der Waals surface area (Å²) in [4.78, 5) is 40.3. The summed E-state index contributed by atoms with van der Waals surface area (Å²) in [5.74, 6) is -2.01. The lowest BCUT2D eigenvalue weighted by molar-refractivity contribution is -0.132. The third-order valence-electron chi connectivity index (χ3n) is 7.17. The number of aliphatic hydroxyl groups is 1. The molecule has 0 aliphatic carbocycles. The number of carbonyl (C=O) groups is 3. The van der Waals surface area contributed by atoms with E-state index >= 15 is 0 Å². The molecular formula is C31H24FN3O6S2. The standard InChI is InChI=1S/C31H24FN3O6S2/c1-16-13-21-14-19(11-12-23(21)41-16)26(36)24-25(17-7-9-18(10-8-17)29(39)40-2)35(28(38)27(24)37)30-33-34-31(43-30)42-15-20-5-3-4-6-22(20)32/h3-12,14,16,25,36H,13,15H2,1-2H3/b26-24+/t16-,25-/m0/s1. The molecule has 2 aliphatic heterocycles. The molecule has 1 fully saturated rings. The van der Waals surface area contributed by atoms with Gasteiger partial charge < -0.3 is 14.6 Å². The maximum Gasteiger partial charge on any atom is 0.337 e. The molecule has 12 heteroatoms. The number of ether oxygens (including phenoxy) is 2. The van der Waals surface area contributed by atoms with Crippen molar-refractivity contribution in [3.63, 3.8) is 0 Å². The number of fused-ring (bicyclic) bond motifs is 1. The Bertz CT molecular complexity index is 1790. The summed E-state index contributed by atoms with van der Waals surface area (Å²) in [5, 5.41) is 20.0. The number of thioether (sulfide) groups is 1. The number of ketones is 1. The van der Waals surface area contributed by atoms with Gasteiger partial charge in [-0.3, -0.25) is 14.5 Å². The SMILES string of the molecule is COC(=O)c1ccc([C@H]2/C(=C(\O)c3ccc4c(c3)C[C@H](C)O4)C(=O)C(=O)N2c2nnc(SCc3ccccc3F)s2)cc1. The number of nitrogens with zero attached hydrogens (tertiary/aromatic N) is 3. The molecular weight excluding hydrogens is 593 g/mol. The molecule has 0 radical (unpaired) electrons. The van der Waals surface area contributed by atoms with E-state index < -0.39 is 23.7 Å². The lowest BCUT2D eigenvalue weighted by Crippen LogP contribution is -2.29. The molecule has 2 aliphatic rings. The Labute approximate surface area is 254 Å². The number of amides is 1. The van der Waals surface area contributed by atoms with Crippen molar-refractivity contribution in [2.45, 2.75) is 35.6 Å². The average molecular weight is 618 g/mol. The van der Waals surface area contributed by atoms with E-state index in [1.54, 1.807) is 48.5 Å². The van der Waals surface area contributed by atoms with Gasteiger partial charge in [0.25, 0.3) is 5.78 Å². The quantitative estimate of drug-likeness (QED) is 0.0695. The van der Waals surface area contributed by atoms with Gasteiger partial charge >= 0.3 is 11.9 Å². The number of Topliss-reactive ketones (excluding diaryl/α,β-unsaturated/α-hetero) is 1. The molecule has 0 spiro atoms. The molecule has 1 N–H and O–H groups in total. The zero-order valence-corrected chi connectivity index (χ0v) is 24.6. The van der Waals surface area contributed by atoms with Crippen LogP contribution in [0, 0.1) is 5.82 Å². The first-order valence-corrected chi connectivity index (χ1v) is 15.0. The summed E-state index contributed by atoms with van der Waals surface area (Å²) < 4.78 is 25.2. The molecule has 0 saturated carbocycles. The lowest BCUT2D eigenvalue weighted by atomic mass is 9.94. The zero-order chi connectivity index (χ0) is 30.2. The number of aliphatic hydroxyl groups excluding tert-OH is 1. The number of hydrogen-bond acceptors (Lipinski definition) is 10. The Morgan fingerprint density at radius 2 is 1.86 bits per heavy atom. The number of esters is 1. The summed E-state index contributed by atoms with van der Waals surface area (Å²) in [6.07, 6.45) is 0.621. The highest BCUT2D eigenvalue weighted by Gasteiger charge is 2.48. The summed E-state index contributed by atoms with van der Waals surface area (Å²) >= 11 is 2.32. The smallest absolute Gasteiger partial charge is 0.337 e. The van der Waals surface area contributed by atoms with Gasteiger partial charge in [-0.2, -0.15) is 0 Å². The highest BCUT2D eigenvalue weighted by atomic mass is 32.2. The number of aromatic nitrogens is 2. The minimum atomic E-state index is -1.06. The fourth-order valence-electron chi connectivity index (χ4n) is 5.10. The molecule has 0 bridgehead atoms. The number of halogens is 1. The second-order valence-electron chi connectivity index (χ2n) is 9.97. The molecule has 0 unspecified atom stereocenters. The lowest BCUT2D eigenvalue weighted by Gasteiger charge is -2.22. The molecule has 6 rings (SSSR count). The first-order valence-electron chi connectivity index (χ1n) is 13.2. The molecule has 3 heterocycles. The van der Waals surface area contributed by atoms with E-state index in [2.05, 4.69) is 10.2 Å². The van der Waals surface area contributed by atoms with Crippen molar-refractivity contribution in [1.82, 2.24) is 10.2 Å². The number of hydrogen-bond donors (Lipinski definition) is 1. The topological polar surface area (TPSA) is 119 Å². The predicted octanol–water partition coefficient (Wildman–Crippen LogP) is 5.71. The first-order chi connectivity index (χ1) is 20.7. The molecule has 4 aromatic rings. The Morgan fingerprint density at radius 3 is 2.60 bits per heavy atom. The van der Waals surface area contributed by atoms with E-state index in [0.29, 0.717) is 39.0 Å². The van der Waals surface area contributed by atoms with Gasteiger partial charge in [0, 0.05) is 17.7 Å². The van der Waals surface area contributed by atoms with Crippen molar-refractivity contribution in [1.29, 1.82) is 0 Å². The predicted molar refractivity (Wildman–Crippen MR) is 159 cm³/mol. The van der Waals surface area contributed by atoms with Crippen LogP contribution in [0.5, 0.6) is 5.75 Å². The average Bonchev–Trinajstić information content (AvgIpc) is 3.70. The van der Waals surface area contributed by atoms with Crippen LogP contribution in [0.3, 0.4) is 0 Å². The summed E-state index contributed by atoms with van der Waals surface area (Å²) in [5.41, 5.74) is 2.35. The van der Waals surface area contributed by atoms with E-state index in [4.69, 9.17) is 9.47 Å². The van der Waals surface area contributed by atoms with Crippen molar-refractivity contribution in [3.05, 3.63) is 106 Å². The molecule has 1 amide bonds. The minimum absolute atomic E-state index is 0.0193. The number of carbonyl (C=O) groups excluding carboxylic acids is 3. The largest absolute Gasteiger partial charge is 0.507 e. The van der Waals surface area contributed by atoms with Crippen LogP contribution in [-0.4, -0.2) is 46.2 Å². The van der Waals surface area contributed by atoms with Crippen LogP contribution >= 0.6 is 23.1 Å². The summed E-state index contributed by atoms with van der Waals surface area (Å²) in [7, 11) is 1.27. The van der Waals surface area contributed by atoms with Gasteiger partial charge in [0.2, 0.25) is 5.13 Å². The highest BCUT2D eigenvalue weighted by molar-refractivity contribution is 8.00. The van der Waals surface area contributed by atoms with Crippen LogP contribution in [0.2, 0.25) is 0 Å². The fraction of sp³-hybridized carbons (Fsp3) is 0.194. The monoisotopic (exact) mass is 617 g/mol. The van der Waals surface area contributed by atoms with Gasteiger partial charge in [0.05, 0.1) is 24.3 Å². The molecule has 218 valence electrons. The van der Waals surface area contributed by atoms with Crippen molar-refractivity contribution in [3.8, 4) is 5.75 Å². The van der Waals surface area contributed by atoms with Crippen LogP contribution in [0.25, 0.3) is 5.76 Å². The van der Waals surface area contributed by atoms with Gasteiger partial charge in [-0.15, -0.1) is 10.2 Å².